The molecule has 3 fully saturated rings. The fourth-order valence-corrected chi connectivity index (χ4v) is 4.96. The Labute approximate surface area is 125 Å². The van der Waals surface area contributed by atoms with Crippen molar-refractivity contribution in [1.82, 2.24) is 15.1 Å². The first-order valence-electron chi connectivity index (χ1n) is 8.87. The molecule has 20 heavy (non-hydrogen) atoms. The molecule has 0 aromatic carbocycles. The van der Waals surface area contributed by atoms with Gasteiger partial charge in [-0.25, -0.2) is 0 Å². The molecule has 3 heteroatoms. The SMILES string of the molecule is CCC1C2CNCC2CN1C1CCN(CC(C)C)CC1. The summed E-state index contributed by atoms with van der Waals surface area (Å²) in [4.78, 5) is 5.59. The highest BCUT2D eigenvalue weighted by Gasteiger charge is 2.45. The van der Waals surface area contributed by atoms with E-state index in [0.29, 0.717) is 0 Å². The van der Waals surface area contributed by atoms with Gasteiger partial charge in [-0.15, -0.1) is 0 Å². The number of piperidine rings is 1. The zero-order chi connectivity index (χ0) is 14.1. The van der Waals surface area contributed by atoms with Crippen molar-refractivity contribution in [3.8, 4) is 0 Å². The van der Waals surface area contributed by atoms with E-state index in [0.717, 1.165) is 29.8 Å². The minimum Gasteiger partial charge on any atom is -0.316 e. The Morgan fingerprint density at radius 3 is 2.55 bits per heavy atom. The summed E-state index contributed by atoms with van der Waals surface area (Å²) in [5.74, 6) is 2.69. The van der Waals surface area contributed by atoms with Crippen molar-refractivity contribution in [2.45, 2.75) is 52.1 Å². The van der Waals surface area contributed by atoms with Gasteiger partial charge in [0.1, 0.15) is 0 Å². The van der Waals surface area contributed by atoms with Crippen LogP contribution in [0.2, 0.25) is 0 Å². The second kappa shape index (κ2) is 6.33. The number of hydrogen-bond acceptors (Lipinski definition) is 3. The predicted octanol–water partition coefficient (Wildman–Crippen LogP) is 2.04. The molecule has 0 aromatic rings. The van der Waals surface area contributed by atoms with E-state index in [1.165, 1.54) is 58.5 Å². The van der Waals surface area contributed by atoms with Crippen molar-refractivity contribution in [2.24, 2.45) is 17.8 Å². The Balaban J connectivity index is 1.55. The minimum atomic E-state index is 0.812. The quantitative estimate of drug-likeness (QED) is 0.849. The largest absolute Gasteiger partial charge is 0.316 e. The van der Waals surface area contributed by atoms with Gasteiger partial charge in [0.25, 0.3) is 0 Å². The van der Waals surface area contributed by atoms with Gasteiger partial charge in [-0.2, -0.15) is 0 Å². The lowest BCUT2D eigenvalue weighted by Crippen LogP contribution is -2.48. The average Bonchev–Trinajstić information content (AvgIpc) is 2.98. The molecule has 3 aliphatic heterocycles. The minimum absolute atomic E-state index is 0.812. The van der Waals surface area contributed by atoms with Crippen LogP contribution in [0.1, 0.15) is 40.0 Å². The monoisotopic (exact) mass is 279 g/mol. The number of likely N-dealkylation sites (tertiary alicyclic amines) is 2. The average molecular weight is 279 g/mol. The summed E-state index contributed by atoms with van der Waals surface area (Å²) >= 11 is 0. The molecule has 3 nitrogen and oxygen atoms in total. The van der Waals surface area contributed by atoms with E-state index < -0.39 is 0 Å². The zero-order valence-corrected chi connectivity index (χ0v) is 13.6. The zero-order valence-electron chi connectivity index (χ0n) is 13.6. The van der Waals surface area contributed by atoms with E-state index in [9.17, 15) is 0 Å². The predicted molar refractivity (Wildman–Crippen MR) is 84.9 cm³/mol. The Bertz CT molecular complexity index is 309. The maximum atomic E-state index is 3.61. The highest BCUT2D eigenvalue weighted by atomic mass is 15.3. The summed E-state index contributed by atoms with van der Waals surface area (Å²) in [6.45, 7) is 14.9. The van der Waals surface area contributed by atoms with E-state index in [1.807, 2.05) is 0 Å². The maximum absolute atomic E-state index is 3.61. The highest BCUT2D eigenvalue weighted by molar-refractivity contribution is 5.00. The second-order valence-corrected chi connectivity index (χ2v) is 7.68. The molecule has 3 rings (SSSR count). The lowest BCUT2D eigenvalue weighted by Gasteiger charge is -2.40. The maximum Gasteiger partial charge on any atom is 0.0140 e. The highest BCUT2D eigenvalue weighted by Crippen LogP contribution is 2.37. The first-order chi connectivity index (χ1) is 9.69. The van der Waals surface area contributed by atoms with E-state index in [-0.39, 0.29) is 0 Å². The van der Waals surface area contributed by atoms with Crippen molar-refractivity contribution >= 4 is 0 Å². The fraction of sp³-hybridized carbons (Fsp3) is 1.00. The molecule has 0 saturated carbocycles. The molecule has 3 aliphatic rings. The number of fused-ring (bicyclic) bond motifs is 1. The van der Waals surface area contributed by atoms with Gasteiger partial charge in [-0.05, 0) is 63.2 Å². The number of nitrogens with one attached hydrogen (secondary N) is 1. The molecule has 0 spiro atoms. The molecular formula is C17H33N3. The van der Waals surface area contributed by atoms with E-state index in [2.05, 4.69) is 35.9 Å². The molecule has 0 radical (unpaired) electrons. The van der Waals surface area contributed by atoms with Gasteiger partial charge in [-0.3, -0.25) is 4.90 Å². The van der Waals surface area contributed by atoms with Crippen LogP contribution in [0.3, 0.4) is 0 Å². The molecule has 3 atom stereocenters. The van der Waals surface area contributed by atoms with Crippen molar-refractivity contribution < 1.29 is 0 Å². The molecule has 0 aromatic heterocycles. The number of rotatable bonds is 4. The third-order valence-electron chi connectivity index (χ3n) is 5.83. The summed E-state index contributed by atoms with van der Waals surface area (Å²) in [5, 5.41) is 3.61. The summed E-state index contributed by atoms with van der Waals surface area (Å²) in [6, 6.07) is 1.73. The molecule has 0 amide bonds. The van der Waals surface area contributed by atoms with E-state index >= 15 is 0 Å². The Morgan fingerprint density at radius 1 is 1.15 bits per heavy atom. The van der Waals surface area contributed by atoms with Crippen LogP contribution in [0.4, 0.5) is 0 Å². The molecule has 3 heterocycles. The molecule has 116 valence electrons. The Kier molecular flexibility index (Phi) is 4.68. The van der Waals surface area contributed by atoms with Crippen LogP contribution in [-0.4, -0.2) is 61.2 Å². The number of nitrogens with zero attached hydrogens (tertiary/aromatic N) is 2. The van der Waals surface area contributed by atoms with Crippen LogP contribution in [0.5, 0.6) is 0 Å². The molecule has 1 N–H and O–H groups in total. The number of hydrogen-bond donors (Lipinski definition) is 1. The van der Waals surface area contributed by atoms with Crippen LogP contribution < -0.4 is 5.32 Å². The molecule has 0 bridgehead atoms. The van der Waals surface area contributed by atoms with Gasteiger partial charge in [0.05, 0.1) is 0 Å². The fourth-order valence-electron chi connectivity index (χ4n) is 4.96. The third-order valence-corrected chi connectivity index (χ3v) is 5.83. The topological polar surface area (TPSA) is 18.5 Å². The van der Waals surface area contributed by atoms with Crippen molar-refractivity contribution in [3.63, 3.8) is 0 Å². The molecule has 0 aliphatic carbocycles. The van der Waals surface area contributed by atoms with Crippen molar-refractivity contribution in [3.05, 3.63) is 0 Å². The van der Waals surface area contributed by atoms with Crippen LogP contribution in [0, 0.1) is 17.8 Å². The third kappa shape index (κ3) is 2.90. The van der Waals surface area contributed by atoms with Crippen LogP contribution in [0.25, 0.3) is 0 Å². The van der Waals surface area contributed by atoms with Gasteiger partial charge in [0.2, 0.25) is 0 Å². The standard InChI is InChI=1S/C17H33N3/c1-4-17-16-10-18-9-14(16)12-20(17)15-5-7-19(8-6-15)11-13(2)3/h13-18H,4-12H2,1-3H3. The molecule has 3 unspecified atom stereocenters. The van der Waals surface area contributed by atoms with Crippen molar-refractivity contribution in [2.75, 3.05) is 39.3 Å². The lowest BCUT2D eigenvalue weighted by molar-refractivity contribution is 0.0825. The van der Waals surface area contributed by atoms with Crippen LogP contribution >= 0.6 is 0 Å². The van der Waals surface area contributed by atoms with Gasteiger partial charge in [0, 0.05) is 25.2 Å². The summed E-state index contributed by atoms with van der Waals surface area (Å²) in [7, 11) is 0. The van der Waals surface area contributed by atoms with Gasteiger partial charge in [-0.1, -0.05) is 20.8 Å². The molecule has 3 saturated heterocycles. The summed E-state index contributed by atoms with van der Waals surface area (Å²) in [6.07, 6.45) is 4.14. The smallest absolute Gasteiger partial charge is 0.0140 e. The first-order valence-corrected chi connectivity index (χ1v) is 8.87. The lowest BCUT2D eigenvalue weighted by atomic mass is 9.92. The van der Waals surface area contributed by atoms with Gasteiger partial charge >= 0.3 is 0 Å². The van der Waals surface area contributed by atoms with Gasteiger partial charge < -0.3 is 10.2 Å². The second-order valence-electron chi connectivity index (χ2n) is 7.68. The Morgan fingerprint density at radius 2 is 1.90 bits per heavy atom. The normalized spacial score (nSPS) is 36.9. The van der Waals surface area contributed by atoms with E-state index in [4.69, 9.17) is 0 Å². The first kappa shape index (κ1) is 14.8. The summed E-state index contributed by atoms with van der Waals surface area (Å²) < 4.78 is 0. The van der Waals surface area contributed by atoms with Crippen molar-refractivity contribution in [1.29, 1.82) is 0 Å². The Hall–Kier alpha value is -0.120. The summed E-state index contributed by atoms with van der Waals surface area (Å²) in [5.41, 5.74) is 0. The van der Waals surface area contributed by atoms with Crippen LogP contribution in [-0.2, 0) is 0 Å². The van der Waals surface area contributed by atoms with Crippen LogP contribution in [0.15, 0.2) is 0 Å². The van der Waals surface area contributed by atoms with E-state index in [1.54, 1.807) is 0 Å². The van der Waals surface area contributed by atoms with Gasteiger partial charge in [0.15, 0.2) is 0 Å². The molecular weight excluding hydrogens is 246 g/mol.